The second-order valence-corrected chi connectivity index (χ2v) is 6.26. The Morgan fingerprint density at radius 1 is 1.45 bits per heavy atom. The molecule has 0 aromatic carbocycles. The van der Waals surface area contributed by atoms with Gasteiger partial charge in [-0.2, -0.15) is 0 Å². The zero-order valence-electron chi connectivity index (χ0n) is 12.7. The molecule has 0 radical (unpaired) electrons. The molecule has 2 aliphatic heterocycles. The third kappa shape index (κ3) is 2.26. The number of likely N-dealkylation sites (tertiary alicyclic amines) is 2. The Bertz CT molecular complexity index is 509. The van der Waals surface area contributed by atoms with Crippen LogP contribution in [0.2, 0.25) is 0 Å². The molecule has 3 heterocycles. The molecule has 0 aliphatic carbocycles. The maximum Gasteiger partial charge on any atom is 0.289 e. The molecule has 0 saturated carbocycles. The molecule has 4 nitrogen and oxygen atoms in total. The molecule has 2 aliphatic rings. The number of carbonyl (C=O) groups is 1. The molecular weight excluding hydrogens is 252 g/mol. The molecule has 20 heavy (non-hydrogen) atoms. The average Bonchev–Trinajstić information content (AvgIpc) is 2.99. The van der Waals surface area contributed by atoms with Crippen LogP contribution in [-0.4, -0.2) is 48.4 Å². The van der Waals surface area contributed by atoms with Crippen molar-refractivity contribution < 1.29 is 9.21 Å². The first-order valence-electron chi connectivity index (χ1n) is 7.69. The summed E-state index contributed by atoms with van der Waals surface area (Å²) in [5.74, 6) is 2.18. The average molecular weight is 276 g/mol. The van der Waals surface area contributed by atoms with Gasteiger partial charge in [0.05, 0.1) is 0 Å². The van der Waals surface area contributed by atoms with Crippen molar-refractivity contribution in [3.63, 3.8) is 0 Å². The Balaban J connectivity index is 1.82. The lowest BCUT2D eigenvalue weighted by Crippen LogP contribution is -2.48. The largest absolute Gasteiger partial charge is 0.456 e. The monoisotopic (exact) mass is 276 g/mol. The summed E-state index contributed by atoms with van der Waals surface area (Å²) in [6.45, 7) is 7.06. The highest BCUT2D eigenvalue weighted by Crippen LogP contribution is 2.31. The second-order valence-electron chi connectivity index (χ2n) is 6.26. The van der Waals surface area contributed by atoms with Crippen molar-refractivity contribution in [3.05, 3.63) is 23.2 Å². The summed E-state index contributed by atoms with van der Waals surface area (Å²) < 4.78 is 5.75. The summed E-state index contributed by atoms with van der Waals surface area (Å²) in [5.41, 5.74) is 1.09. The molecule has 0 unspecified atom stereocenters. The minimum absolute atomic E-state index is 0.0813. The molecule has 3 rings (SSSR count). The van der Waals surface area contributed by atoms with Crippen LogP contribution >= 0.6 is 0 Å². The normalized spacial score (nSPS) is 26.9. The standard InChI is InChI=1S/C16H24N2O2/c1-4-14-11(2)8-15(20-14)16(19)18-7-5-6-12-9-17(3)10-13(12)18/h8,12-13H,4-7,9-10H2,1-3H3/t12-,13+/m0/s1. The summed E-state index contributed by atoms with van der Waals surface area (Å²) in [7, 11) is 2.15. The van der Waals surface area contributed by atoms with E-state index in [-0.39, 0.29) is 5.91 Å². The first-order chi connectivity index (χ1) is 9.60. The van der Waals surface area contributed by atoms with E-state index in [0.29, 0.717) is 17.7 Å². The number of fused-ring (bicyclic) bond motifs is 1. The second kappa shape index (κ2) is 5.24. The van der Waals surface area contributed by atoms with Crippen LogP contribution in [0.4, 0.5) is 0 Å². The van der Waals surface area contributed by atoms with Gasteiger partial charge in [0.15, 0.2) is 5.76 Å². The van der Waals surface area contributed by atoms with Crippen LogP contribution in [0.25, 0.3) is 0 Å². The number of piperidine rings is 1. The molecular formula is C16H24N2O2. The van der Waals surface area contributed by atoms with E-state index in [2.05, 4.69) is 23.8 Å². The predicted octanol–water partition coefficient (Wildman–Crippen LogP) is 2.32. The van der Waals surface area contributed by atoms with Crippen molar-refractivity contribution in [3.8, 4) is 0 Å². The topological polar surface area (TPSA) is 36.7 Å². The molecule has 0 bridgehead atoms. The maximum absolute atomic E-state index is 12.7. The Morgan fingerprint density at radius 3 is 2.95 bits per heavy atom. The zero-order chi connectivity index (χ0) is 14.3. The SMILES string of the molecule is CCc1oc(C(=O)N2CCC[C@H]3CN(C)C[C@H]32)cc1C. The molecule has 110 valence electrons. The molecule has 2 atom stereocenters. The van der Waals surface area contributed by atoms with E-state index in [9.17, 15) is 4.79 Å². The van der Waals surface area contributed by atoms with Gasteiger partial charge in [0.2, 0.25) is 0 Å². The van der Waals surface area contributed by atoms with Crippen molar-refractivity contribution in [1.29, 1.82) is 0 Å². The zero-order valence-corrected chi connectivity index (χ0v) is 12.7. The molecule has 0 spiro atoms. The first kappa shape index (κ1) is 13.7. The molecule has 2 fully saturated rings. The summed E-state index contributed by atoms with van der Waals surface area (Å²) in [4.78, 5) is 17.1. The lowest BCUT2D eigenvalue weighted by atomic mass is 9.92. The highest BCUT2D eigenvalue weighted by atomic mass is 16.4. The lowest BCUT2D eigenvalue weighted by molar-refractivity contribution is 0.0538. The van der Waals surface area contributed by atoms with Crippen LogP contribution in [0.1, 0.15) is 41.6 Å². The van der Waals surface area contributed by atoms with Gasteiger partial charge in [-0.15, -0.1) is 0 Å². The highest BCUT2D eigenvalue weighted by Gasteiger charge is 2.40. The summed E-state index contributed by atoms with van der Waals surface area (Å²) in [6.07, 6.45) is 3.20. The maximum atomic E-state index is 12.7. The van der Waals surface area contributed by atoms with E-state index in [1.807, 2.05) is 13.0 Å². The molecule has 1 aromatic heterocycles. The Kier molecular flexibility index (Phi) is 3.59. The number of hydrogen-bond donors (Lipinski definition) is 0. The number of aryl methyl sites for hydroxylation is 2. The Hall–Kier alpha value is -1.29. The van der Waals surface area contributed by atoms with Gasteiger partial charge in [0.1, 0.15) is 5.76 Å². The van der Waals surface area contributed by atoms with Crippen molar-refractivity contribution >= 4 is 5.91 Å². The minimum Gasteiger partial charge on any atom is -0.456 e. The molecule has 2 saturated heterocycles. The number of likely N-dealkylation sites (N-methyl/N-ethyl adjacent to an activating group) is 1. The van der Waals surface area contributed by atoms with Gasteiger partial charge >= 0.3 is 0 Å². The van der Waals surface area contributed by atoms with E-state index in [1.165, 1.54) is 6.42 Å². The fraction of sp³-hybridized carbons (Fsp3) is 0.688. The van der Waals surface area contributed by atoms with Crippen LogP contribution < -0.4 is 0 Å². The van der Waals surface area contributed by atoms with Gasteiger partial charge in [-0.05, 0) is 44.4 Å². The number of carbonyl (C=O) groups excluding carboxylic acids is 1. The van der Waals surface area contributed by atoms with E-state index >= 15 is 0 Å². The fourth-order valence-electron chi connectivity index (χ4n) is 3.76. The van der Waals surface area contributed by atoms with Crippen molar-refractivity contribution in [1.82, 2.24) is 9.80 Å². The van der Waals surface area contributed by atoms with Crippen LogP contribution in [0.3, 0.4) is 0 Å². The predicted molar refractivity (Wildman–Crippen MR) is 77.9 cm³/mol. The van der Waals surface area contributed by atoms with Gasteiger partial charge < -0.3 is 14.2 Å². The number of amides is 1. The third-order valence-electron chi connectivity index (χ3n) is 4.78. The van der Waals surface area contributed by atoms with Crippen LogP contribution in [0.15, 0.2) is 10.5 Å². The summed E-state index contributed by atoms with van der Waals surface area (Å²) in [5, 5.41) is 0. The number of furan rings is 1. The summed E-state index contributed by atoms with van der Waals surface area (Å²) in [6, 6.07) is 2.28. The van der Waals surface area contributed by atoms with Crippen LogP contribution in [0.5, 0.6) is 0 Å². The number of hydrogen-bond acceptors (Lipinski definition) is 3. The van der Waals surface area contributed by atoms with Gasteiger partial charge in [0.25, 0.3) is 5.91 Å². The van der Waals surface area contributed by atoms with Gasteiger partial charge in [0, 0.05) is 32.1 Å². The van der Waals surface area contributed by atoms with Gasteiger partial charge in [-0.3, -0.25) is 4.79 Å². The smallest absolute Gasteiger partial charge is 0.289 e. The Morgan fingerprint density at radius 2 is 2.25 bits per heavy atom. The quantitative estimate of drug-likeness (QED) is 0.832. The third-order valence-corrected chi connectivity index (χ3v) is 4.78. The van der Waals surface area contributed by atoms with Crippen molar-refractivity contribution in [2.75, 3.05) is 26.7 Å². The van der Waals surface area contributed by atoms with Gasteiger partial charge in [-0.25, -0.2) is 0 Å². The van der Waals surface area contributed by atoms with E-state index in [4.69, 9.17) is 4.42 Å². The van der Waals surface area contributed by atoms with Gasteiger partial charge in [-0.1, -0.05) is 6.92 Å². The van der Waals surface area contributed by atoms with Crippen LogP contribution in [-0.2, 0) is 6.42 Å². The number of rotatable bonds is 2. The van der Waals surface area contributed by atoms with E-state index < -0.39 is 0 Å². The molecule has 1 aromatic rings. The van der Waals surface area contributed by atoms with E-state index in [0.717, 1.165) is 43.8 Å². The van der Waals surface area contributed by atoms with Crippen molar-refractivity contribution in [2.24, 2.45) is 5.92 Å². The lowest BCUT2D eigenvalue weighted by Gasteiger charge is -2.36. The first-order valence-corrected chi connectivity index (χ1v) is 7.69. The molecule has 4 heteroatoms. The highest BCUT2D eigenvalue weighted by molar-refractivity contribution is 5.92. The van der Waals surface area contributed by atoms with Crippen molar-refractivity contribution in [2.45, 2.75) is 39.2 Å². The molecule has 0 N–H and O–H groups in total. The minimum atomic E-state index is 0.0813. The fourth-order valence-corrected chi connectivity index (χ4v) is 3.76. The summed E-state index contributed by atoms with van der Waals surface area (Å²) >= 11 is 0. The Labute approximate surface area is 120 Å². The molecule has 1 amide bonds. The number of nitrogens with zero attached hydrogens (tertiary/aromatic N) is 2. The van der Waals surface area contributed by atoms with E-state index in [1.54, 1.807) is 0 Å². The van der Waals surface area contributed by atoms with Crippen LogP contribution in [0, 0.1) is 12.8 Å².